The highest BCUT2D eigenvalue weighted by atomic mass is 16.5. The van der Waals surface area contributed by atoms with Crippen molar-refractivity contribution in [1.29, 1.82) is 0 Å². The molecule has 2 aliphatic rings. The summed E-state index contributed by atoms with van der Waals surface area (Å²) in [4.78, 5) is 15.1. The van der Waals surface area contributed by atoms with Crippen LogP contribution < -0.4 is 18.9 Å². The van der Waals surface area contributed by atoms with Gasteiger partial charge in [0.1, 0.15) is 24.0 Å². The molecular formula is C24H21NO6. The second kappa shape index (κ2) is 7.85. The molecule has 2 aromatic carbocycles. The van der Waals surface area contributed by atoms with Crippen LogP contribution in [0.1, 0.15) is 27.2 Å². The number of fused-ring (bicyclic) bond motifs is 3. The number of methoxy groups -OCH3 is 2. The van der Waals surface area contributed by atoms with Crippen LogP contribution in [-0.2, 0) is 13.1 Å². The van der Waals surface area contributed by atoms with Gasteiger partial charge in [0.25, 0.3) is 0 Å². The van der Waals surface area contributed by atoms with E-state index in [1.807, 2.05) is 30.3 Å². The van der Waals surface area contributed by atoms with E-state index in [-0.39, 0.29) is 11.5 Å². The van der Waals surface area contributed by atoms with Gasteiger partial charge in [-0.25, -0.2) is 0 Å². The molecule has 0 atom stereocenters. The lowest BCUT2D eigenvalue weighted by Gasteiger charge is -2.29. The van der Waals surface area contributed by atoms with Gasteiger partial charge in [-0.1, -0.05) is 12.1 Å². The maximum absolute atomic E-state index is 13.0. The molecule has 0 N–H and O–H groups in total. The fourth-order valence-electron chi connectivity index (χ4n) is 3.90. The number of benzene rings is 2. The molecule has 31 heavy (non-hydrogen) atoms. The summed E-state index contributed by atoms with van der Waals surface area (Å²) in [6.07, 6.45) is 3.33. The van der Waals surface area contributed by atoms with Crippen molar-refractivity contribution in [2.75, 3.05) is 21.0 Å². The standard InChI is InChI=1S/C24H21NO6/c1-27-20-7-3-5-15(23(20)28-2)11-21-22(26)17-8-9-19-18(24(17)31-21)13-25(14-30-19)12-16-6-4-10-29-16/h3-11H,12-14H2,1-2H3/b21-11-. The molecule has 0 amide bonds. The number of nitrogens with zero attached hydrogens (tertiary/aromatic N) is 1. The maximum atomic E-state index is 13.0. The van der Waals surface area contributed by atoms with Crippen LogP contribution in [0.25, 0.3) is 6.08 Å². The number of para-hydroxylation sites is 1. The Morgan fingerprint density at radius 1 is 1.10 bits per heavy atom. The van der Waals surface area contributed by atoms with Crippen LogP contribution in [0.4, 0.5) is 0 Å². The smallest absolute Gasteiger partial charge is 0.231 e. The van der Waals surface area contributed by atoms with E-state index < -0.39 is 0 Å². The zero-order chi connectivity index (χ0) is 21.4. The third kappa shape index (κ3) is 3.43. The lowest BCUT2D eigenvalue weighted by Crippen LogP contribution is -2.31. The first-order chi connectivity index (χ1) is 15.2. The highest BCUT2D eigenvalue weighted by Crippen LogP contribution is 2.43. The summed E-state index contributed by atoms with van der Waals surface area (Å²) in [6.45, 7) is 1.63. The van der Waals surface area contributed by atoms with Crippen molar-refractivity contribution in [2.45, 2.75) is 13.1 Å². The van der Waals surface area contributed by atoms with Crippen molar-refractivity contribution in [3.05, 3.63) is 76.9 Å². The molecular weight excluding hydrogens is 398 g/mol. The summed E-state index contributed by atoms with van der Waals surface area (Å²) in [6, 6.07) is 12.8. The first-order valence-corrected chi connectivity index (χ1v) is 9.86. The normalized spacial score (nSPS) is 16.5. The van der Waals surface area contributed by atoms with Crippen LogP contribution >= 0.6 is 0 Å². The largest absolute Gasteiger partial charge is 0.493 e. The van der Waals surface area contributed by atoms with Gasteiger partial charge < -0.3 is 23.4 Å². The summed E-state index contributed by atoms with van der Waals surface area (Å²) >= 11 is 0. The van der Waals surface area contributed by atoms with Crippen LogP contribution in [0.3, 0.4) is 0 Å². The molecule has 0 spiro atoms. The first kappa shape index (κ1) is 19.3. The third-order valence-corrected chi connectivity index (χ3v) is 5.36. The molecule has 0 bridgehead atoms. The Morgan fingerprint density at radius 2 is 2.00 bits per heavy atom. The molecule has 2 aliphatic heterocycles. The maximum Gasteiger partial charge on any atom is 0.231 e. The molecule has 0 aliphatic carbocycles. The lowest BCUT2D eigenvalue weighted by atomic mass is 10.0. The minimum absolute atomic E-state index is 0.175. The zero-order valence-corrected chi connectivity index (χ0v) is 17.2. The summed E-state index contributed by atoms with van der Waals surface area (Å²) in [5.74, 6) is 3.30. The average Bonchev–Trinajstić information content (AvgIpc) is 3.42. The Kier molecular flexibility index (Phi) is 4.88. The van der Waals surface area contributed by atoms with Crippen molar-refractivity contribution in [1.82, 2.24) is 4.90 Å². The molecule has 0 unspecified atom stereocenters. The van der Waals surface area contributed by atoms with Crippen molar-refractivity contribution >= 4 is 11.9 Å². The Morgan fingerprint density at radius 3 is 2.77 bits per heavy atom. The number of Topliss-reactive ketones (excluding diaryl/α,β-unsaturated/α-hetero) is 1. The van der Waals surface area contributed by atoms with E-state index in [0.717, 1.165) is 17.1 Å². The number of hydrogen-bond donors (Lipinski definition) is 0. The fraction of sp³-hybridized carbons (Fsp3) is 0.208. The van der Waals surface area contributed by atoms with Crippen molar-refractivity contribution in [3.63, 3.8) is 0 Å². The summed E-state index contributed by atoms with van der Waals surface area (Å²) in [5, 5.41) is 0. The van der Waals surface area contributed by atoms with Gasteiger partial charge in [0.05, 0.1) is 38.2 Å². The molecule has 0 radical (unpaired) electrons. The van der Waals surface area contributed by atoms with Gasteiger partial charge in [0.15, 0.2) is 17.3 Å². The Labute approximate surface area is 179 Å². The van der Waals surface area contributed by atoms with Crippen molar-refractivity contribution in [2.24, 2.45) is 0 Å². The second-order valence-corrected chi connectivity index (χ2v) is 7.28. The molecule has 7 heteroatoms. The predicted molar refractivity (Wildman–Crippen MR) is 112 cm³/mol. The van der Waals surface area contributed by atoms with Crippen LogP contribution in [0.15, 0.2) is 58.9 Å². The minimum atomic E-state index is -0.175. The van der Waals surface area contributed by atoms with Gasteiger partial charge in [-0.05, 0) is 36.4 Å². The van der Waals surface area contributed by atoms with E-state index in [4.69, 9.17) is 23.4 Å². The van der Waals surface area contributed by atoms with Gasteiger partial charge in [-0.15, -0.1) is 0 Å². The Balaban J connectivity index is 1.46. The number of carbonyl (C=O) groups excluding carboxylic acids is 1. The van der Waals surface area contributed by atoms with Crippen LogP contribution in [0, 0.1) is 0 Å². The highest BCUT2D eigenvalue weighted by molar-refractivity contribution is 6.15. The molecule has 3 aromatic rings. The van der Waals surface area contributed by atoms with E-state index in [2.05, 4.69) is 4.90 Å². The van der Waals surface area contributed by atoms with Crippen LogP contribution in [0.2, 0.25) is 0 Å². The first-order valence-electron chi connectivity index (χ1n) is 9.86. The van der Waals surface area contributed by atoms with E-state index in [9.17, 15) is 4.79 Å². The number of ketones is 1. The number of hydrogen-bond acceptors (Lipinski definition) is 7. The predicted octanol–water partition coefficient (Wildman–Crippen LogP) is 4.27. The monoisotopic (exact) mass is 419 g/mol. The highest BCUT2D eigenvalue weighted by Gasteiger charge is 2.34. The summed E-state index contributed by atoms with van der Waals surface area (Å²) in [7, 11) is 3.13. The molecule has 0 saturated heterocycles. The molecule has 3 heterocycles. The van der Waals surface area contributed by atoms with E-state index in [0.29, 0.717) is 48.2 Å². The lowest BCUT2D eigenvalue weighted by molar-refractivity contribution is 0.0810. The van der Waals surface area contributed by atoms with Gasteiger partial charge in [0.2, 0.25) is 5.78 Å². The van der Waals surface area contributed by atoms with E-state index in [1.54, 1.807) is 38.7 Å². The second-order valence-electron chi connectivity index (χ2n) is 7.28. The molecule has 0 saturated carbocycles. The van der Waals surface area contributed by atoms with Crippen LogP contribution in [-0.4, -0.2) is 31.6 Å². The Bertz CT molecular complexity index is 1170. The van der Waals surface area contributed by atoms with E-state index >= 15 is 0 Å². The van der Waals surface area contributed by atoms with Crippen LogP contribution in [0.5, 0.6) is 23.0 Å². The number of rotatable bonds is 5. The van der Waals surface area contributed by atoms with Gasteiger partial charge in [0, 0.05) is 12.1 Å². The topological polar surface area (TPSA) is 70.4 Å². The number of carbonyl (C=O) groups is 1. The molecule has 158 valence electrons. The zero-order valence-electron chi connectivity index (χ0n) is 17.2. The fourth-order valence-corrected chi connectivity index (χ4v) is 3.90. The quantitative estimate of drug-likeness (QED) is 0.572. The van der Waals surface area contributed by atoms with Gasteiger partial charge in [-0.2, -0.15) is 0 Å². The summed E-state index contributed by atoms with van der Waals surface area (Å²) in [5.41, 5.74) is 2.07. The van der Waals surface area contributed by atoms with Gasteiger partial charge in [-0.3, -0.25) is 9.69 Å². The SMILES string of the molecule is COc1cccc(/C=C2\Oc3c(ccc4c3CN(Cc3ccco3)CO4)C2=O)c1OC. The summed E-state index contributed by atoms with van der Waals surface area (Å²) < 4.78 is 28.2. The third-order valence-electron chi connectivity index (χ3n) is 5.36. The van der Waals surface area contributed by atoms with Crippen molar-refractivity contribution in [3.8, 4) is 23.0 Å². The molecule has 1 aromatic heterocycles. The average molecular weight is 419 g/mol. The number of allylic oxidation sites excluding steroid dienone is 1. The number of ether oxygens (including phenoxy) is 4. The van der Waals surface area contributed by atoms with Crippen molar-refractivity contribution < 1.29 is 28.2 Å². The molecule has 0 fully saturated rings. The van der Waals surface area contributed by atoms with Gasteiger partial charge >= 0.3 is 0 Å². The molecule has 5 rings (SSSR count). The minimum Gasteiger partial charge on any atom is -0.493 e. The molecule has 7 nitrogen and oxygen atoms in total. The Hall–Kier alpha value is -3.71. The van der Waals surface area contributed by atoms with E-state index in [1.165, 1.54) is 0 Å². The number of furan rings is 1.